The van der Waals surface area contributed by atoms with Gasteiger partial charge < -0.3 is 15.2 Å². The topological polar surface area (TPSA) is 88.5 Å². The summed E-state index contributed by atoms with van der Waals surface area (Å²) < 4.78 is 4.79. The number of nitrogens with one attached hydrogen (secondary N) is 1. The zero-order valence-electron chi connectivity index (χ0n) is 9.64. The zero-order chi connectivity index (χ0) is 12.8. The fourth-order valence-electron chi connectivity index (χ4n) is 1.10. The van der Waals surface area contributed by atoms with E-state index < -0.39 is 18.0 Å². The highest BCUT2D eigenvalue weighted by molar-refractivity contribution is 5.89. The van der Waals surface area contributed by atoms with Crippen LogP contribution < -0.4 is 5.32 Å². The van der Waals surface area contributed by atoms with Crippen LogP contribution >= 0.6 is 0 Å². The van der Waals surface area contributed by atoms with Crippen LogP contribution in [0.4, 0.5) is 5.82 Å². The lowest BCUT2D eigenvalue weighted by Crippen LogP contribution is -2.25. The Morgan fingerprint density at radius 3 is 2.71 bits per heavy atom. The van der Waals surface area contributed by atoms with Crippen molar-refractivity contribution in [2.45, 2.75) is 19.9 Å². The minimum Gasteiger partial charge on any atom is -0.480 e. The number of ether oxygens (including phenoxy) is 1. The largest absolute Gasteiger partial charge is 0.480 e. The summed E-state index contributed by atoms with van der Waals surface area (Å²) in [5.41, 5.74) is 0.334. The van der Waals surface area contributed by atoms with Crippen LogP contribution in [0.2, 0.25) is 0 Å². The number of anilines is 1. The van der Waals surface area contributed by atoms with Gasteiger partial charge in [-0.25, -0.2) is 9.78 Å². The molecule has 17 heavy (non-hydrogen) atoms. The molecule has 0 aliphatic heterocycles. The summed E-state index contributed by atoms with van der Waals surface area (Å²) in [5, 5.41) is 11.4. The summed E-state index contributed by atoms with van der Waals surface area (Å²) in [6, 6.07) is 2.32. The van der Waals surface area contributed by atoms with Gasteiger partial charge in [0.05, 0.1) is 12.2 Å². The Morgan fingerprint density at radius 1 is 1.53 bits per heavy atom. The third-order valence-corrected chi connectivity index (χ3v) is 2.01. The average Bonchev–Trinajstić information content (AvgIpc) is 2.30. The molecule has 1 heterocycles. The number of carbonyl (C=O) groups excluding carboxylic acids is 1. The third kappa shape index (κ3) is 3.75. The van der Waals surface area contributed by atoms with E-state index >= 15 is 0 Å². The molecule has 0 aliphatic carbocycles. The van der Waals surface area contributed by atoms with Crippen molar-refractivity contribution in [2.75, 3.05) is 11.9 Å². The summed E-state index contributed by atoms with van der Waals surface area (Å²) >= 11 is 0. The predicted octanol–water partition coefficient (Wildman–Crippen LogP) is 1.14. The normalized spacial score (nSPS) is 11.6. The first-order chi connectivity index (χ1) is 8.04. The Kier molecular flexibility index (Phi) is 4.45. The standard InChI is InChI=1S/C11H14N2O4/c1-3-17-11(16)8-4-5-9(12-6-8)13-7(2)10(14)15/h4-7H,3H2,1-2H3,(H,12,13)(H,14,15)/t7-/m1/s1. The molecule has 2 N–H and O–H groups in total. The molecule has 92 valence electrons. The van der Waals surface area contributed by atoms with Gasteiger partial charge in [-0.1, -0.05) is 0 Å². The van der Waals surface area contributed by atoms with Crippen LogP contribution in [0.3, 0.4) is 0 Å². The molecule has 0 aliphatic rings. The number of carboxylic acids is 1. The first kappa shape index (κ1) is 13.0. The van der Waals surface area contributed by atoms with E-state index in [9.17, 15) is 9.59 Å². The van der Waals surface area contributed by atoms with Crippen LogP contribution in [0.15, 0.2) is 18.3 Å². The van der Waals surface area contributed by atoms with Crippen LogP contribution in [0, 0.1) is 0 Å². The number of esters is 1. The quantitative estimate of drug-likeness (QED) is 0.748. The van der Waals surface area contributed by atoms with Crippen molar-refractivity contribution in [1.29, 1.82) is 0 Å². The van der Waals surface area contributed by atoms with E-state index in [0.717, 1.165) is 0 Å². The molecule has 6 nitrogen and oxygen atoms in total. The Bertz CT molecular complexity index is 402. The molecule has 0 saturated carbocycles. The second kappa shape index (κ2) is 5.83. The number of rotatable bonds is 5. The van der Waals surface area contributed by atoms with Gasteiger partial charge in [-0.15, -0.1) is 0 Å². The van der Waals surface area contributed by atoms with Crippen molar-refractivity contribution >= 4 is 17.8 Å². The highest BCUT2D eigenvalue weighted by Crippen LogP contribution is 2.07. The van der Waals surface area contributed by atoms with Gasteiger partial charge in [-0.3, -0.25) is 4.79 Å². The smallest absolute Gasteiger partial charge is 0.339 e. The zero-order valence-corrected chi connectivity index (χ0v) is 9.64. The van der Waals surface area contributed by atoms with Crippen LogP contribution in [0.25, 0.3) is 0 Å². The summed E-state index contributed by atoms with van der Waals surface area (Å²) in [5.74, 6) is -1.02. The summed E-state index contributed by atoms with van der Waals surface area (Å²) in [4.78, 5) is 25.8. The molecule has 1 rings (SSSR count). The van der Waals surface area contributed by atoms with Crippen LogP contribution in [0.1, 0.15) is 24.2 Å². The van der Waals surface area contributed by atoms with Crippen molar-refractivity contribution in [1.82, 2.24) is 4.98 Å². The molecular formula is C11H14N2O4. The number of aromatic nitrogens is 1. The highest BCUT2D eigenvalue weighted by Gasteiger charge is 2.11. The summed E-state index contributed by atoms with van der Waals surface area (Å²) in [6.45, 7) is 3.52. The molecule has 0 saturated heterocycles. The minimum atomic E-state index is -0.971. The van der Waals surface area contributed by atoms with Crippen molar-refractivity contribution in [2.24, 2.45) is 0 Å². The molecular weight excluding hydrogens is 224 g/mol. The number of hydrogen-bond acceptors (Lipinski definition) is 5. The van der Waals surface area contributed by atoms with Gasteiger partial charge in [-0.2, -0.15) is 0 Å². The second-order valence-electron chi connectivity index (χ2n) is 3.36. The molecule has 0 radical (unpaired) electrons. The number of nitrogens with zero attached hydrogens (tertiary/aromatic N) is 1. The van der Waals surface area contributed by atoms with Gasteiger partial charge in [0.1, 0.15) is 11.9 Å². The maximum Gasteiger partial charge on any atom is 0.339 e. The van der Waals surface area contributed by atoms with E-state index in [2.05, 4.69) is 10.3 Å². The average molecular weight is 238 g/mol. The van der Waals surface area contributed by atoms with E-state index in [1.54, 1.807) is 6.92 Å². The maximum atomic E-state index is 11.3. The monoisotopic (exact) mass is 238 g/mol. The van der Waals surface area contributed by atoms with Gasteiger partial charge in [-0.05, 0) is 26.0 Å². The van der Waals surface area contributed by atoms with Crippen LogP contribution in [-0.2, 0) is 9.53 Å². The number of hydrogen-bond donors (Lipinski definition) is 2. The van der Waals surface area contributed by atoms with Gasteiger partial charge in [0.2, 0.25) is 0 Å². The van der Waals surface area contributed by atoms with Gasteiger partial charge >= 0.3 is 11.9 Å². The number of carboxylic acid groups (broad SMARTS) is 1. The number of aliphatic carboxylic acids is 1. The number of carbonyl (C=O) groups is 2. The fourth-order valence-corrected chi connectivity index (χ4v) is 1.10. The van der Waals surface area contributed by atoms with E-state index in [-0.39, 0.29) is 0 Å². The van der Waals surface area contributed by atoms with Crippen molar-refractivity contribution in [3.05, 3.63) is 23.9 Å². The van der Waals surface area contributed by atoms with Crippen molar-refractivity contribution in [3.63, 3.8) is 0 Å². The SMILES string of the molecule is CCOC(=O)c1ccc(N[C@H](C)C(=O)O)nc1. The Balaban J connectivity index is 2.68. The Hall–Kier alpha value is -2.11. The van der Waals surface area contributed by atoms with E-state index in [4.69, 9.17) is 9.84 Å². The lowest BCUT2D eigenvalue weighted by molar-refractivity contribution is -0.137. The van der Waals surface area contributed by atoms with E-state index in [0.29, 0.717) is 18.0 Å². The lowest BCUT2D eigenvalue weighted by atomic mass is 10.2. The molecule has 1 aromatic rings. The number of pyridine rings is 1. The Morgan fingerprint density at radius 2 is 2.24 bits per heavy atom. The molecule has 6 heteroatoms. The molecule has 0 aromatic carbocycles. The molecule has 0 spiro atoms. The second-order valence-corrected chi connectivity index (χ2v) is 3.36. The maximum absolute atomic E-state index is 11.3. The van der Waals surface area contributed by atoms with Crippen molar-refractivity contribution in [3.8, 4) is 0 Å². The Labute approximate surface area is 98.6 Å². The first-order valence-electron chi connectivity index (χ1n) is 5.17. The first-order valence-corrected chi connectivity index (χ1v) is 5.17. The molecule has 1 aromatic heterocycles. The van der Waals surface area contributed by atoms with Crippen molar-refractivity contribution < 1.29 is 19.4 Å². The minimum absolute atomic E-state index is 0.300. The molecule has 0 unspecified atom stereocenters. The fraction of sp³-hybridized carbons (Fsp3) is 0.364. The summed E-state index contributed by atoms with van der Waals surface area (Å²) in [7, 11) is 0. The predicted molar refractivity (Wildman–Crippen MR) is 60.9 cm³/mol. The molecule has 1 atom stereocenters. The molecule has 0 amide bonds. The van der Waals surface area contributed by atoms with Crippen LogP contribution in [0.5, 0.6) is 0 Å². The van der Waals surface area contributed by atoms with E-state index in [1.807, 2.05) is 0 Å². The van der Waals surface area contributed by atoms with Gasteiger partial charge in [0, 0.05) is 6.20 Å². The third-order valence-electron chi connectivity index (χ3n) is 2.01. The van der Waals surface area contributed by atoms with Crippen LogP contribution in [-0.4, -0.2) is 34.7 Å². The molecule has 0 fully saturated rings. The highest BCUT2D eigenvalue weighted by atomic mass is 16.5. The van der Waals surface area contributed by atoms with E-state index in [1.165, 1.54) is 25.3 Å². The van der Waals surface area contributed by atoms with Gasteiger partial charge in [0.15, 0.2) is 0 Å². The lowest BCUT2D eigenvalue weighted by Gasteiger charge is -2.09. The van der Waals surface area contributed by atoms with Gasteiger partial charge in [0.25, 0.3) is 0 Å². The molecule has 0 bridgehead atoms. The summed E-state index contributed by atoms with van der Waals surface area (Å²) in [6.07, 6.45) is 1.34.